The highest BCUT2D eigenvalue weighted by atomic mass is 35.5. The van der Waals surface area contributed by atoms with Gasteiger partial charge in [-0.05, 0) is 73.2 Å². The number of carbonyl (C=O) groups excluding carboxylic acids is 2. The van der Waals surface area contributed by atoms with Crippen molar-refractivity contribution >= 4 is 46.7 Å². The molecule has 0 aliphatic heterocycles. The number of methoxy groups -OCH3 is 2. The molecule has 1 aliphatic rings. The van der Waals surface area contributed by atoms with Crippen LogP contribution >= 0.6 is 23.2 Å². The number of aromatic nitrogens is 2. The number of nitrogens with zero attached hydrogens (tertiary/aromatic N) is 2. The number of carbonyl (C=O) groups is 2. The van der Waals surface area contributed by atoms with Crippen molar-refractivity contribution in [1.82, 2.24) is 20.6 Å². The Morgan fingerprint density at radius 1 is 0.778 bits per heavy atom. The predicted molar refractivity (Wildman–Crippen MR) is 211 cm³/mol. The highest BCUT2D eigenvalue weighted by Crippen LogP contribution is 2.30. The van der Waals surface area contributed by atoms with Crippen molar-refractivity contribution in [1.29, 1.82) is 0 Å². The van der Waals surface area contributed by atoms with Gasteiger partial charge in [-0.2, -0.15) is 0 Å². The minimum absolute atomic E-state index is 0.112. The first-order valence-corrected chi connectivity index (χ1v) is 18.4. The molecule has 1 aliphatic carbocycles. The fourth-order valence-electron chi connectivity index (χ4n) is 4.57. The second kappa shape index (κ2) is 23.8. The molecule has 1 atom stereocenters. The zero-order valence-electron chi connectivity index (χ0n) is 31.7. The molecule has 5 N–H and O–H groups in total. The maximum Gasteiger partial charge on any atom is 0.256 e. The summed E-state index contributed by atoms with van der Waals surface area (Å²) in [6, 6.07) is 12.1. The quantitative estimate of drug-likeness (QED) is 0.0852. The van der Waals surface area contributed by atoms with E-state index in [-0.39, 0.29) is 53.4 Å². The van der Waals surface area contributed by atoms with Crippen LogP contribution in [0.15, 0.2) is 60.9 Å². The van der Waals surface area contributed by atoms with Gasteiger partial charge in [0.1, 0.15) is 22.8 Å². The largest absolute Gasteiger partial charge is 0.494 e. The molecular formula is C39H50Cl2F2N6O5. The van der Waals surface area contributed by atoms with Gasteiger partial charge in [0.05, 0.1) is 30.4 Å². The number of amides is 2. The summed E-state index contributed by atoms with van der Waals surface area (Å²) in [5, 5.41) is 21.4. The fraction of sp³-hybridized carbons (Fsp3) is 0.385. The van der Waals surface area contributed by atoms with E-state index in [1.807, 2.05) is 27.7 Å². The van der Waals surface area contributed by atoms with Crippen LogP contribution in [0, 0.1) is 17.6 Å². The average molecular weight is 792 g/mol. The number of anilines is 2. The molecule has 1 saturated carbocycles. The zero-order valence-corrected chi connectivity index (χ0v) is 33.2. The smallest absolute Gasteiger partial charge is 0.256 e. The normalized spacial score (nSPS) is 11.9. The summed E-state index contributed by atoms with van der Waals surface area (Å²) in [4.78, 5) is 33.3. The number of halogens is 4. The van der Waals surface area contributed by atoms with Crippen molar-refractivity contribution in [2.24, 2.45) is 5.92 Å². The minimum atomic E-state index is -0.612. The second-order valence-corrected chi connectivity index (χ2v) is 12.2. The van der Waals surface area contributed by atoms with E-state index in [0.717, 1.165) is 6.54 Å². The molecule has 11 nitrogen and oxygen atoms in total. The molecule has 1 fully saturated rings. The van der Waals surface area contributed by atoms with Crippen LogP contribution in [-0.4, -0.2) is 60.3 Å². The molecule has 4 aromatic rings. The van der Waals surface area contributed by atoms with Crippen LogP contribution in [0.1, 0.15) is 79.3 Å². The van der Waals surface area contributed by atoms with Gasteiger partial charge in [0, 0.05) is 38.6 Å². The molecule has 1 unspecified atom stereocenters. The number of benzene rings is 2. The lowest BCUT2D eigenvalue weighted by atomic mass is 10.2. The van der Waals surface area contributed by atoms with Gasteiger partial charge < -0.3 is 35.8 Å². The van der Waals surface area contributed by atoms with Crippen molar-refractivity contribution in [2.45, 2.75) is 66.7 Å². The molecule has 0 saturated heterocycles. The van der Waals surface area contributed by atoms with E-state index in [0.29, 0.717) is 33.4 Å². The lowest BCUT2D eigenvalue weighted by molar-refractivity contribution is 0.0943. The Morgan fingerprint density at radius 3 is 1.57 bits per heavy atom. The van der Waals surface area contributed by atoms with Crippen LogP contribution in [0.5, 0.6) is 11.5 Å². The molecule has 0 bridgehead atoms. The fourth-order valence-corrected chi connectivity index (χ4v) is 5.03. The van der Waals surface area contributed by atoms with Gasteiger partial charge in [-0.3, -0.25) is 9.59 Å². The molecule has 54 heavy (non-hydrogen) atoms. The third-order valence-electron chi connectivity index (χ3n) is 7.41. The van der Waals surface area contributed by atoms with E-state index >= 15 is 0 Å². The number of ether oxygens (including phenoxy) is 2. The van der Waals surface area contributed by atoms with Crippen LogP contribution in [0.3, 0.4) is 0 Å². The summed E-state index contributed by atoms with van der Waals surface area (Å²) in [5.74, 6) is -0.112. The highest BCUT2D eigenvalue weighted by molar-refractivity contribution is 6.35. The van der Waals surface area contributed by atoms with E-state index < -0.39 is 23.6 Å². The predicted octanol–water partition coefficient (Wildman–Crippen LogP) is 8.29. The van der Waals surface area contributed by atoms with E-state index in [9.17, 15) is 23.5 Å². The Balaban J connectivity index is 0.000000342. The number of hydrogen-bond acceptors (Lipinski definition) is 9. The molecule has 5 rings (SSSR count). The molecule has 0 spiro atoms. The first-order valence-electron chi connectivity index (χ1n) is 17.7. The van der Waals surface area contributed by atoms with Crippen LogP contribution < -0.4 is 30.7 Å². The van der Waals surface area contributed by atoms with Crippen LogP contribution in [-0.2, 0) is 13.1 Å². The zero-order chi connectivity index (χ0) is 40.2. The first-order chi connectivity index (χ1) is 26.0. The lowest BCUT2D eigenvalue weighted by Gasteiger charge is -2.14. The molecule has 2 aromatic carbocycles. The topological polar surface area (TPSA) is 147 Å². The van der Waals surface area contributed by atoms with E-state index in [2.05, 4.69) is 31.2 Å². The lowest BCUT2D eigenvalue weighted by Crippen LogP contribution is -2.26. The van der Waals surface area contributed by atoms with E-state index in [1.165, 1.54) is 63.6 Å². The van der Waals surface area contributed by atoms with Crippen molar-refractivity contribution in [3.8, 4) is 11.5 Å². The monoisotopic (exact) mass is 790 g/mol. The van der Waals surface area contributed by atoms with Gasteiger partial charge >= 0.3 is 0 Å². The number of pyridine rings is 2. The molecular weight excluding hydrogens is 741 g/mol. The van der Waals surface area contributed by atoms with Crippen molar-refractivity contribution < 1.29 is 33.0 Å². The van der Waals surface area contributed by atoms with Gasteiger partial charge in [-0.25, -0.2) is 18.7 Å². The molecule has 2 aromatic heterocycles. The second-order valence-electron chi connectivity index (χ2n) is 11.4. The molecule has 2 amide bonds. The van der Waals surface area contributed by atoms with Gasteiger partial charge in [0.15, 0.2) is 23.1 Å². The Kier molecular flexibility index (Phi) is 20.1. The summed E-state index contributed by atoms with van der Waals surface area (Å²) >= 11 is 12.3. The first kappa shape index (κ1) is 45.4. The maximum absolute atomic E-state index is 13.7. The average Bonchev–Trinajstić information content (AvgIpc) is 4.01. The Bertz CT molecular complexity index is 1680. The summed E-state index contributed by atoms with van der Waals surface area (Å²) in [5.41, 5.74) is 1.67. The molecule has 294 valence electrons. The summed E-state index contributed by atoms with van der Waals surface area (Å²) < 4.78 is 37.2. The standard InChI is InChI=1S/C18H19ClFN3O2.C17H19ClFN3O3.2C2H6/c1-25-15-5-4-12(8-14(15)20)10-23-18(24)16-13(19)6-7-21-17(16)22-9-11-2-3-11;1-10(23)8-21-16-15(12(18)5-6-20-16)17(24)22-9-11-3-4-14(25-2)13(19)7-11;2*1-2/h4-8,11H,2-3,9-10H2,1H3,(H,21,22)(H,23,24);3-7,10,23H,8-9H2,1-2H3,(H,20,21)(H,22,24);2*1-2H3. The summed E-state index contributed by atoms with van der Waals surface area (Å²) in [6.07, 6.45) is 4.80. The SMILES string of the molecule is CC.CC.COc1ccc(CNC(=O)c2c(Cl)ccnc2NCC(C)O)cc1F.COc1ccc(CNC(=O)c2c(Cl)ccnc2NCC2CC2)cc1F. The third kappa shape index (κ3) is 14.3. The Hall–Kier alpha value is -4.72. The minimum Gasteiger partial charge on any atom is -0.494 e. The van der Waals surface area contributed by atoms with Crippen molar-refractivity contribution in [2.75, 3.05) is 37.9 Å². The van der Waals surface area contributed by atoms with Crippen LogP contribution in [0.4, 0.5) is 20.4 Å². The number of hydrogen-bond donors (Lipinski definition) is 5. The number of nitrogens with one attached hydrogen (secondary N) is 4. The van der Waals surface area contributed by atoms with E-state index in [1.54, 1.807) is 31.3 Å². The number of rotatable bonds is 14. The van der Waals surface area contributed by atoms with Crippen LogP contribution in [0.2, 0.25) is 10.0 Å². The maximum atomic E-state index is 13.7. The van der Waals surface area contributed by atoms with Gasteiger partial charge in [0.25, 0.3) is 11.8 Å². The Labute approximate surface area is 326 Å². The van der Waals surface area contributed by atoms with Crippen molar-refractivity contribution in [3.63, 3.8) is 0 Å². The Morgan fingerprint density at radius 2 is 1.20 bits per heavy atom. The molecule has 2 heterocycles. The summed E-state index contributed by atoms with van der Waals surface area (Å²) in [6.45, 7) is 10.9. The summed E-state index contributed by atoms with van der Waals surface area (Å²) in [7, 11) is 2.78. The third-order valence-corrected chi connectivity index (χ3v) is 8.04. The van der Waals surface area contributed by atoms with Gasteiger partial charge in [0.2, 0.25) is 0 Å². The number of aliphatic hydroxyl groups is 1. The number of aliphatic hydroxyl groups excluding tert-OH is 1. The highest BCUT2D eigenvalue weighted by Gasteiger charge is 2.23. The van der Waals surface area contributed by atoms with Crippen LogP contribution in [0.25, 0.3) is 0 Å². The van der Waals surface area contributed by atoms with Crippen molar-refractivity contribution in [3.05, 3.63) is 105 Å². The van der Waals surface area contributed by atoms with E-state index in [4.69, 9.17) is 32.7 Å². The molecule has 0 radical (unpaired) electrons. The molecule has 15 heteroatoms. The van der Waals surface area contributed by atoms with Gasteiger partial charge in [-0.1, -0.05) is 63.0 Å². The van der Waals surface area contributed by atoms with Gasteiger partial charge in [-0.15, -0.1) is 0 Å².